The highest BCUT2D eigenvalue weighted by atomic mass is 19.1. The molecule has 102 valence electrons. The molecule has 1 aliphatic heterocycles. The van der Waals surface area contributed by atoms with Crippen LogP contribution in [0.4, 0.5) is 8.78 Å². The first-order chi connectivity index (χ1) is 9.00. The average Bonchev–Trinajstić information content (AvgIpc) is 2.38. The highest BCUT2D eigenvalue weighted by Crippen LogP contribution is 2.17. The number of nitrogens with zero attached hydrogens (tertiary/aromatic N) is 1. The Balaban J connectivity index is 2.22. The van der Waals surface area contributed by atoms with Gasteiger partial charge in [0, 0.05) is 6.54 Å². The minimum Gasteiger partial charge on any atom is -0.479 e. The van der Waals surface area contributed by atoms with Gasteiger partial charge >= 0.3 is 5.97 Å². The molecule has 1 aromatic rings. The first-order valence-electron chi connectivity index (χ1n) is 5.58. The van der Waals surface area contributed by atoms with Crippen molar-refractivity contribution in [2.45, 2.75) is 6.10 Å². The number of aliphatic carboxylic acids is 1. The van der Waals surface area contributed by atoms with Gasteiger partial charge in [0.1, 0.15) is 17.2 Å². The van der Waals surface area contributed by atoms with Crippen molar-refractivity contribution < 1.29 is 28.2 Å². The van der Waals surface area contributed by atoms with Gasteiger partial charge in [0.25, 0.3) is 5.91 Å². The zero-order chi connectivity index (χ0) is 14.0. The Morgan fingerprint density at radius 1 is 1.32 bits per heavy atom. The van der Waals surface area contributed by atoms with E-state index < -0.39 is 35.2 Å². The number of carboxylic acid groups (broad SMARTS) is 1. The van der Waals surface area contributed by atoms with Crippen LogP contribution >= 0.6 is 0 Å². The zero-order valence-electron chi connectivity index (χ0n) is 9.81. The molecule has 1 N–H and O–H groups in total. The van der Waals surface area contributed by atoms with E-state index >= 15 is 0 Å². The van der Waals surface area contributed by atoms with Crippen LogP contribution in [-0.4, -0.2) is 47.7 Å². The predicted molar refractivity (Wildman–Crippen MR) is 59.6 cm³/mol. The van der Waals surface area contributed by atoms with Gasteiger partial charge in [0.15, 0.2) is 6.10 Å². The number of amides is 1. The molecule has 1 atom stereocenters. The maximum atomic E-state index is 13.5. The molecule has 0 spiro atoms. The smallest absolute Gasteiger partial charge is 0.334 e. The van der Waals surface area contributed by atoms with Gasteiger partial charge in [-0.3, -0.25) is 4.79 Å². The van der Waals surface area contributed by atoms with E-state index in [-0.39, 0.29) is 19.7 Å². The molecule has 1 aromatic carbocycles. The second-order valence-electron chi connectivity index (χ2n) is 4.05. The first kappa shape index (κ1) is 13.4. The van der Waals surface area contributed by atoms with Gasteiger partial charge in [-0.05, 0) is 12.1 Å². The van der Waals surface area contributed by atoms with Gasteiger partial charge in [-0.25, -0.2) is 13.6 Å². The summed E-state index contributed by atoms with van der Waals surface area (Å²) in [5.74, 6) is -4.02. The summed E-state index contributed by atoms with van der Waals surface area (Å²) in [7, 11) is 0. The van der Waals surface area contributed by atoms with Crippen LogP contribution < -0.4 is 0 Å². The van der Waals surface area contributed by atoms with Crippen LogP contribution in [-0.2, 0) is 9.53 Å². The van der Waals surface area contributed by atoms with Gasteiger partial charge in [0.2, 0.25) is 0 Å². The maximum absolute atomic E-state index is 13.5. The van der Waals surface area contributed by atoms with E-state index in [9.17, 15) is 18.4 Å². The number of halogens is 2. The molecular weight excluding hydrogens is 260 g/mol. The van der Waals surface area contributed by atoms with E-state index in [1.165, 1.54) is 0 Å². The van der Waals surface area contributed by atoms with Crippen LogP contribution in [0.5, 0.6) is 0 Å². The van der Waals surface area contributed by atoms with E-state index in [1.54, 1.807) is 0 Å². The Hall–Kier alpha value is -2.02. The molecule has 0 unspecified atom stereocenters. The highest BCUT2D eigenvalue weighted by Gasteiger charge is 2.31. The third-order valence-electron chi connectivity index (χ3n) is 2.81. The van der Waals surface area contributed by atoms with Crippen LogP contribution in [0.25, 0.3) is 0 Å². The van der Waals surface area contributed by atoms with Crippen molar-refractivity contribution in [2.75, 3.05) is 19.7 Å². The van der Waals surface area contributed by atoms with Gasteiger partial charge in [-0.1, -0.05) is 6.07 Å². The van der Waals surface area contributed by atoms with Crippen LogP contribution in [0.15, 0.2) is 18.2 Å². The van der Waals surface area contributed by atoms with E-state index in [0.29, 0.717) is 0 Å². The molecule has 2 rings (SSSR count). The largest absolute Gasteiger partial charge is 0.479 e. The standard InChI is InChI=1S/C12H11F2NO4/c13-7-2-1-3-8(14)10(7)11(16)15-4-5-19-9(6-15)12(17)18/h1-3,9H,4-6H2,(H,17,18)/t9-/m0/s1. The summed E-state index contributed by atoms with van der Waals surface area (Å²) in [5.41, 5.74) is -0.673. The number of carbonyl (C=O) groups excluding carboxylic acids is 1. The number of benzene rings is 1. The van der Waals surface area contributed by atoms with Crippen LogP contribution in [0.3, 0.4) is 0 Å². The zero-order valence-corrected chi connectivity index (χ0v) is 9.81. The second kappa shape index (κ2) is 5.31. The number of ether oxygens (including phenoxy) is 1. The van der Waals surface area contributed by atoms with Crippen LogP contribution in [0, 0.1) is 11.6 Å². The summed E-state index contributed by atoms with van der Waals surface area (Å²) < 4.78 is 31.9. The van der Waals surface area contributed by atoms with Crippen molar-refractivity contribution in [3.8, 4) is 0 Å². The number of morpholine rings is 1. The van der Waals surface area contributed by atoms with Gasteiger partial charge in [-0.2, -0.15) is 0 Å². The van der Waals surface area contributed by atoms with E-state index in [4.69, 9.17) is 9.84 Å². The predicted octanol–water partition coefficient (Wildman–Crippen LogP) is 0.890. The fourth-order valence-corrected chi connectivity index (χ4v) is 1.84. The van der Waals surface area contributed by atoms with Crippen LogP contribution in [0.1, 0.15) is 10.4 Å². The van der Waals surface area contributed by atoms with Crippen molar-refractivity contribution in [1.82, 2.24) is 4.90 Å². The fraction of sp³-hybridized carbons (Fsp3) is 0.333. The van der Waals surface area contributed by atoms with Crippen molar-refractivity contribution in [3.63, 3.8) is 0 Å². The Morgan fingerprint density at radius 3 is 2.53 bits per heavy atom. The molecule has 1 amide bonds. The van der Waals surface area contributed by atoms with Gasteiger partial charge in [-0.15, -0.1) is 0 Å². The lowest BCUT2D eigenvalue weighted by molar-refractivity contribution is -0.154. The topological polar surface area (TPSA) is 66.8 Å². The highest BCUT2D eigenvalue weighted by molar-refractivity contribution is 5.95. The first-order valence-corrected chi connectivity index (χ1v) is 5.58. The van der Waals surface area contributed by atoms with Gasteiger partial charge in [0.05, 0.1) is 13.2 Å². The van der Waals surface area contributed by atoms with Crippen molar-refractivity contribution in [1.29, 1.82) is 0 Å². The molecule has 19 heavy (non-hydrogen) atoms. The number of carbonyl (C=O) groups is 2. The van der Waals surface area contributed by atoms with Crippen molar-refractivity contribution >= 4 is 11.9 Å². The monoisotopic (exact) mass is 271 g/mol. The van der Waals surface area contributed by atoms with E-state index in [2.05, 4.69) is 0 Å². The number of rotatable bonds is 2. The molecule has 0 bridgehead atoms. The Morgan fingerprint density at radius 2 is 1.95 bits per heavy atom. The van der Waals surface area contributed by atoms with Crippen molar-refractivity contribution in [2.24, 2.45) is 0 Å². The van der Waals surface area contributed by atoms with E-state index in [1.807, 2.05) is 0 Å². The maximum Gasteiger partial charge on any atom is 0.334 e. The summed E-state index contributed by atoms with van der Waals surface area (Å²) in [6, 6.07) is 3.11. The minimum atomic E-state index is -1.22. The third-order valence-corrected chi connectivity index (χ3v) is 2.81. The Bertz CT molecular complexity index is 500. The fourth-order valence-electron chi connectivity index (χ4n) is 1.84. The summed E-state index contributed by atoms with van der Waals surface area (Å²) in [6.45, 7) is -0.128. The molecular formula is C12H11F2NO4. The molecule has 5 nitrogen and oxygen atoms in total. The molecule has 1 aliphatic rings. The number of hydrogen-bond acceptors (Lipinski definition) is 3. The lowest BCUT2D eigenvalue weighted by atomic mass is 10.1. The normalized spacial score (nSPS) is 19.3. The Labute approximate surface area is 107 Å². The molecule has 0 aromatic heterocycles. The molecule has 1 fully saturated rings. The molecule has 1 heterocycles. The summed E-state index contributed by atoms with van der Waals surface area (Å²) in [4.78, 5) is 23.9. The third kappa shape index (κ3) is 2.70. The quantitative estimate of drug-likeness (QED) is 0.867. The molecule has 0 aliphatic carbocycles. The lowest BCUT2D eigenvalue weighted by Crippen LogP contribution is -2.48. The minimum absolute atomic E-state index is 0.0127. The molecule has 0 saturated carbocycles. The molecule has 7 heteroatoms. The van der Waals surface area contributed by atoms with E-state index in [0.717, 1.165) is 23.1 Å². The average molecular weight is 271 g/mol. The summed E-state index contributed by atoms with van der Waals surface area (Å²) in [5, 5.41) is 8.81. The second-order valence-corrected chi connectivity index (χ2v) is 4.05. The number of hydrogen-bond donors (Lipinski definition) is 1. The van der Waals surface area contributed by atoms with Crippen molar-refractivity contribution in [3.05, 3.63) is 35.4 Å². The molecule has 1 saturated heterocycles. The Kier molecular flexibility index (Phi) is 3.75. The molecule has 0 radical (unpaired) electrons. The summed E-state index contributed by atoms with van der Waals surface area (Å²) >= 11 is 0. The van der Waals surface area contributed by atoms with Crippen LogP contribution in [0.2, 0.25) is 0 Å². The number of carboxylic acids is 1. The lowest BCUT2D eigenvalue weighted by Gasteiger charge is -2.31. The SMILES string of the molecule is O=C(O)[C@@H]1CN(C(=O)c2c(F)cccc2F)CCO1. The van der Waals surface area contributed by atoms with Gasteiger partial charge < -0.3 is 14.7 Å². The summed E-state index contributed by atoms with van der Waals surface area (Å²) in [6.07, 6.45) is -1.17.